The van der Waals surface area contributed by atoms with Crippen LogP contribution < -0.4 is 10.1 Å². The predicted octanol–water partition coefficient (Wildman–Crippen LogP) is 2.63. The zero-order valence-corrected chi connectivity index (χ0v) is 13.0. The van der Waals surface area contributed by atoms with Gasteiger partial charge in [0.2, 0.25) is 0 Å². The van der Waals surface area contributed by atoms with Gasteiger partial charge >= 0.3 is 0 Å². The van der Waals surface area contributed by atoms with Crippen LogP contribution in [0.25, 0.3) is 11.5 Å². The molecule has 0 amide bonds. The van der Waals surface area contributed by atoms with Gasteiger partial charge in [-0.15, -0.1) is 12.4 Å². The Hall–Kier alpha value is -1.59. The molecule has 1 unspecified atom stereocenters. The molecule has 0 aliphatic rings. The van der Waals surface area contributed by atoms with Gasteiger partial charge in [0.1, 0.15) is 5.75 Å². The molecule has 0 saturated carbocycles. The minimum atomic E-state index is 0. The van der Waals surface area contributed by atoms with Crippen LogP contribution in [-0.4, -0.2) is 30.3 Å². The molecule has 1 aromatic carbocycles. The van der Waals surface area contributed by atoms with E-state index in [1.165, 1.54) is 0 Å². The van der Waals surface area contributed by atoms with Crippen LogP contribution in [0, 0.1) is 6.92 Å². The van der Waals surface area contributed by atoms with Crippen LogP contribution in [0.1, 0.15) is 18.3 Å². The standard InChI is InChI=1S/C14H19N3O2.ClH/c1-9-5-6-11(8-12(9)18-4)14-16-13(17-19-14)7-10(2)15-3;/h5-6,8,10,15H,7H2,1-4H3;1H. The van der Waals surface area contributed by atoms with Crippen molar-refractivity contribution >= 4 is 12.4 Å². The summed E-state index contributed by atoms with van der Waals surface area (Å²) in [6.07, 6.45) is 0.739. The van der Waals surface area contributed by atoms with Gasteiger partial charge in [0.25, 0.3) is 5.89 Å². The fourth-order valence-electron chi connectivity index (χ4n) is 1.78. The third-order valence-electron chi connectivity index (χ3n) is 3.10. The van der Waals surface area contributed by atoms with Crippen LogP contribution in [0.15, 0.2) is 22.7 Å². The molecule has 0 radical (unpaired) electrons. The molecule has 5 nitrogen and oxygen atoms in total. The van der Waals surface area contributed by atoms with Crippen molar-refractivity contribution in [3.05, 3.63) is 29.6 Å². The molecule has 1 aromatic heterocycles. The normalized spacial score (nSPS) is 11.8. The first-order valence-electron chi connectivity index (χ1n) is 6.29. The van der Waals surface area contributed by atoms with E-state index in [1.807, 2.05) is 32.2 Å². The molecule has 1 N–H and O–H groups in total. The molecule has 110 valence electrons. The van der Waals surface area contributed by atoms with E-state index in [-0.39, 0.29) is 12.4 Å². The Bertz CT molecular complexity index is 557. The van der Waals surface area contributed by atoms with Gasteiger partial charge in [-0.25, -0.2) is 0 Å². The first-order chi connectivity index (χ1) is 9.13. The Balaban J connectivity index is 0.00000200. The first-order valence-corrected chi connectivity index (χ1v) is 6.29. The van der Waals surface area contributed by atoms with Crippen molar-refractivity contribution in [2.45, 2.75) is 26.3 Å². The van der Waals surface area contributed by atoms with E-state index in [0.29, 0.717) is 17.8 Å². The van der Waals surface area contributed by atoms with Crippen molar-refractivity contribution in [1.82, 2.24) is 15.5 Å². The molecule has 2 aromatic rings. The van der Waals surface area contributed by atoms with Gasteiger partial charge in [-0.1, -0.05) is 11.2 Å². The Morgan fingerprint density at radius 3 is 2.80 bits per heavy atom. The molecule has 6 heteroatoms. The summed E-state index contributed by atoms with van der Waals surface area (Å²) in [6, 6.07) is 6.16. The van der Waals surface area contributed by atoms with Crippen LogP contribution in [0.5, 0.6) is 5.75 Å². The fraction of sp³-hybridized carbons (Fsp3) is 0.429. The molecule has 0 spiro atoms. The maximum atomic E-state index is 5.30. The monoisotopic (exact) mass is 297 g/mol. The quantitative estimate of drug-likeness (QED) is 0.919. The van der Waals surface area contributed by atoms with Crippen LogP contribution in [0.3, 0.4) is 0 Å². The molecule has 1 heterocycles. The molecule has 20 heavy (non-hydrogen) atoms. The van der Waals surface area contributed by atoms with Gasteiger partial charge in [0.15, 0.2) is 5.82 Å². The highest BCUT2D eigenvalue weighted by atomic mass is 35.5. The minimum Gasteiger partial charge on any atom is -0.496 e. The number of likely N-dealkylation sites (N-methyl/N-ethyl adjacent to an activating group) is 1. The summed E-state index contributed by atoms with van der Waals surface area (Å²) in [6.45, 7) is 4.07. The summed E-state index contributed by atoms with van der Waals surface area (Å²) in [7, 11) is 3.57. The lowest BCUT2D eigenvalue weighted by Gasteiger charge is -2.05. The summed E-state index contributed by atoms with van der Waals surface area (Å²) in [5.41, 5.74) is 1.95. The zero-order chi connectivity index (χ0) is 13.8. The second-order valence-corrected chi connectivity index (χ2v) is 4.59. The van der Waals surface area contributed by atoms with Gasteiger partial charge in [-0.2, -0.15) is 4.98 Å². The van der Waals surface area contributed by atoms with E-state index in [9.17, 15) is 0 Å². The number of aromatic nitrogens is 2. The fourth-order valence-corrected chi connectivity index (χ4v) is 1.78. The third-order valence-corrected chi connectivity index (χ3v) is 3.10. The number of rotatable bonds is 5. The van der Waals surface area contributed by atoms with Crippen molar-refractivity contribution in [1.29, 1.82) is 0 Å². The lowest BCUT2D eigenvalue weighted by molar-refractivity contribution is 0.408. The Kier molecular flexibility index (Phi) is 5.98. The average Bonchev–Trinajstić information content (AvgIpc) is 2.87. The minimum absolute atomic E-state index is 0. The third kappa shape index (κ3) is 3.71. The molecular formula is C14H20ClN3O2. The lowest BCUT2D eigenvalue weighted by Crippen LogP contribution is -2.24. The number of nitrogens with zero attached hydrogens (tertiary/aromatic N) is 2. The topological polar surface area (TPSA) is 60.2 Å². The van der Waals surface area contributed by atoms with Crippen molar-refractivity contribution in [3.8, 4) is 17.2 Å². The maximum absolute atomic E-state index is 5.30. The van der Waals surface area contributed by atoms with Crippen LogP contribution >= 0.6 is 12.4 Å². The number of ether oxygens (including phenoxy) is 1. The van der Waals surface area contributed by atoms with Crippen molar-refractivity contribution in [3.63, 3.8) is 0 Å². The molecule has 0 fully saturated rings. The van der Waals surface area contributed by atoms with Crippen LogP contribution in [-0.2, 0) is 6.42 Å². The second-order valence-electron chi connectivity index (χ2n) is 4.59. The van der Waals surface area contributed by atoms with E-state index in [2.05, 4.69) is 22.4 Å². The molecular weight excluding hydrogens is 278 g/mol. The smallest absolute Gasteiger partial charge is 0.258 e. The van der Waals surface area contributed by atoms with Gasteiger partial charge in [0, 0.05) is 18.0 Å². The number of nitrogens with one attached hydrogen (secondary N) is 1. The number of halogens is 1. The molecule has 0 aliphatic heterocycles. The number of hydrogen-bond acceptors (Lipinski definition) is 5. The van der Waals surface area contributed by atoms with E-state index >= 15 is 0 Å². The summed E-state index contributed by atoms with van der Waals surface area (Å²) in [5, 5.41) is 7.14. The molecule has 0 bridgehead atoms. The highest BCUT2D eigenvalue weighted by molar-refractivity contribution is 5.85. The summed E-state index contributed by atoms with van der Waals surface area (Å²) >= 11 is 0. The van der Waals surface area contributed by atoms with Crippen molar-refractivity contribution < 1.29 is 9.26 Å². The zero-order valence-electron chi connectivity index (χ0n) is 12.1. The summed E-state index contributed by atoms with van der Waals surface area (Å²) in [4.78, 5) is 4.40. The Labute approximate surface area is 125 Å². The van der Waals surface area contributed by atoms with E-state index < -0.39 is 0 Å². The summed E-state index contributed by atoms with van der Waals surface area (Å²) < 4.78 is 10.6. The van der Waals surface area contributed by atoms with Crippen molar-refractivity contribution in [2.75, 3.05) is 14.2 Å². The second kappa shape index (κ2) is 7.26. The Morgan fingerprint density at radius 1 is 1.40 bits per heavy atom. The largest absolute Gasteiger partial charge is 0.496 e. The predicted molar refractivity (Wildman–Crippen MR) is 80.5 cm³/mol. The number of benzene rings is 1. The first kappa shape index (κ1) is 16.5. The lowest BCUT2D eigenvalue weighted by atomic mass is 10.1. The number of aryl methyl sites for hydroxylation is 1. The van der Waals surface area contributed by atoms with E-state index in [1.54, 1.807) is 7.11 Å². The molecule has 0 aliphatic carbocycles. The molecule has 1 atom stereocenters. The van der Waals surface area contributed by atoms with Gasteiger partial charge in [0.05, 0.1) is 7.11 Å². The molecule has 2 rings (SSSR count). The van der Waals surface area contributed by atoms with Gasteiger partial charge in [-0.05, 0) is 38.6 Å². The number of hydrogen-bond donors (Lipinski definition) is 1. The maximum Gasteiger partial charge on any atom is 0.258 e. The van der Waals surface area contributed by atoms with E-state index in [4.69, 9.17) is 9.26 Å². The van der Waals surface area contributed by atoms with E-state index in [0.717, 1.165) is 23.3 Å². The van der Waals surface area contributed by atoms with Crippen molar-refractivity contribution in [2.24, 2.45) is 0 Å². The van der Waals surface area contributed by atoms with Crippen LogP contribution in [0.4, 0.5) is 0 Å². The highest BCUT2D eigenvalue weighted by Gasteiger charge is 2.12. The Morgan fingerprint density at radius 2 is 2.15 bits per heavy atom. The van der Waals surface area contributed by atoms with Gasteiger partial charge < -0.3 is 14.6 Å². The highest BCUT2D eigenvalue weighted by Crippen LogP contribution is 2.25. The SMILES string of the molecule is CNC(C)Cc1noc(-c2ccc(C)c(OC)c2)n1.Cl. The molecule has 0 saturated heterocycles. The number of methoxy groups -OCH3 is 1. The van der Waals surface area contributed by atoms with Gasteiger partial charge in [-0.3, -0.25) is 0 Å². The average molecular weight is 298 g/mol. The van der Waals surface area contributed by atoms with Crippen LogP contribution in [0.2, 0.25) is 0 Å². The summed E-state index contributed by atoms with van der Waals surface area (Å²) in [5.74, 6) is 2.05.